The summed E-state index contributed by atoms with van der Waals surface area (Å²) in [5.41, 5.74) is 5.03. The molecule has 0 unspecified atom stereocenters. The van der Waals surface area contributed by atoms with Crippen molar-refractivity contribution in [2.75, 3.05) is 20.2 Å². The number of rotatable bonds is 9. The molecule has 0 aromatic carbocycles. The summed E-state index contributed by atoms with van der Waals surface area (Å²) < 4.78 is 26.7. The van der Waals surface area contributed by atoms with Gasteiger partial charge in [0.15, 0.2) is 6.79 Å². The molecular formula is C18H31NO7. The zero-order chi connectivity index (χ0) is 18.8. The van der Waals surface area contributed by atoms with E-state index in [1.807, 2.05) is 6.92 Å². The van der Waals surface area contributed by atoms with Crippen LogP contribution in [0.15, 0.2) is 0 Å². The number of carbonyl (C=O) groups excluding carboxylic acids is 2. The van der Waals surface area contributed by atoms with Gasteiger partial charge in [0.25, 0.3) is 0 Å². The molecule has 2 fully saturated rings. The highest BCUT2D eigenvalue weighted by Gasteiger charge is 2.28. The monoisotopic (exact) mass is 373 g/mol. The van der Waals surface area contributed by atoms with Crippen LogP contribution in [0.2, 0.25) is 0 Å². The van der Waals surface area contributed by atoms with Crippen molar-refractivity contribution in [3.05, 3.63) is 0 Å². The van der Waals surface area contributed by atoms with Gasteiger partial charge in [-0.15, -0.1) is 0 Å². The van der Waals surface area contributed by atoms with E-state index in [1.54, 1.807) is 0 Å². The Bertz CT molecular complexity index is 429. The van der Waals surface area contributed by atoms with Crippen LogP contribution < -0.4 is 5.73 Å². The number of ether oxygens (including phenoxy) is 5. The Morgan fingerprint density at radius 2 is 1.38 bits per heavy atom. The van der Waals surface area contributed by atoms with Crippen molar-refractivity contribution in [3.8, 4) is 0 Å². The van der Waals surface area contributed by atoms with Crippen LogP contribution in [0.5, 0.6) is 0 Å². The number of hydrogen-bond acceptors (Lipinski definition) is 7. The van der Waals surface area contributed by atoms with Crippen LogP contribution in [-0.4, -0.2) is 50.6 Å². The lowest BCUT2D eigenvalue weighted by Gasteiger charge is -2.30. The highest BCUT2D eigenvalue weighted by molar-refractivity contribution is 5.72. The maximum Gasteiger partial charge on any atom is 0.404 e. The van der Waals surface area contributed by atoms with Crippen LogP contribution in [0.1, 0.15) is 58.3 Å². The first kappa shape index (κ1) is 20.9. The second kappa shape index (κ2) is 11.4. The van der Waals surface area contributed by atoms with Crippen molar-refractivity contribution >= 4 is 12.1 Å². The van der Waals surface area contributed by atoms with E-state index in [1.165, 1.54) is 0 Å². The molecule has 0 spiro atoms. The van der Waals surface area contributed by atoms with E-state index in [-0.39, 0.29) is 43.8 Å². The first-order valence-corrected chi connectivity index (χ1v) is 9.52. The zero-order valence-corrected chi connectivity index (χ0v) is 15.5. The predicted octanol–water partition coefficient (Wildman–Crippen LogP) is 2.48. The lowest BCUT2D eigenvalue weighted by atomic mass is 9.87. The van der Waals surface area contributed by atoms with Gasteiger partial charge < -0.3 is 29.4 Å². The number of nitrogens with two attached hydrogens (primary N) is 1. The molecule has 2 N–H and O–H groups in total. The number of primary amides is 1. The summed E-state index contributed by atoms with van der Waals surface area (Å²) in [6.45, 7) is 2.69. The summed E-state index contributed by atoms with van der Waals surface area (Å²) >= 11 is 0. The first-order chi connectivity index (χ1) is 12.6. The van der Waals surface area contributed by atoms with Gasteiger partial charge in [-0.1, -0.05) is 0 Å². The van der Waals surface area contributed by atoms with E-state index in [4.69, 9.17) is 29.4 Å². The van der Waals surface area contributed by atoms with Crippen LogP contribution in [-0.2, 0) is 28.5 Å². The molecule has 0 aromatic rings. The van der Waals surface area contributed by atoms with Crippen LogP contribution in [0.25, 0.3) is 0 Å². The normalized spacial score (nSPS) is 29.1. The Labute approximate surface area is 154 Å². The van der Waals surface area contributed by atoms with Gasteiger partial charge in [0.2, 0.25) is 0 Å². The predicted molar refractivity (Wildman–Crippen MR) is 92.1 cm³/mol. The molecule has 2 aliphatic rings. The van der Waals surface area contributed by atoms with Crippen LogP contribution in [0, 0.1) is 5.92 Å². The molecule has 0 atom stereocenters. The van der Waals surface area contributed by atoms with E-state index in [0.717, 1.165) is 51.4 Å². The second-order valence-electron chi connectivity index (χ2n) is 6.83. The minimum atomic E-state index is -0.713. The van der Waals surface area contributed by atoms with Crippen molar-refractivity contribution in [2.45, 2.75) is 76.6 Å². The minimum Gasteiger partial charge on any atom is -0.446 e. The summed E-state index contributed by atoms with van der Waals surface area (Å²) in [5, 5.41) is 0. The van der Waals surface area contributed by atoms with Crippen molar-refractivity contribution in [3.63, 3.8) is 0 Å². The fourth-order valence-corrected chi connectivity index (χ4v) is 3.48. The van der Waals surface area contributed by atoms with Gasteiger partial charge in [-0.3, -0.25) is 4.79 Å². The van der Waals surface area contributed by atoms with Gasteiger partial charge in [0.05, 0.1) is 18.1 Å². The largest absolute Gasteiger partial charge is 0.446 e. The molecule has 8 nitrogen and oxygen atoms in total. The molecule has 150 valence electrons. The molecular weight excluding hydrogens is 342 g/mol. The molecule has 1 amide bonds. The van der Waals surface area contributed by atoms with Gasteiger partial charge >= 0.3 is 12.1 Å². The Morgan fingerprint density at radius 3 is 1.92 bits per heavy atom. The van der Waals surface area contributed by atoms with Crippen molar-refractivity contribution in [1.82, 2.24) is 0 Å². The quantitative estimate of drug-likeness (QED) is 0.376. The summed E-state index contributed by atoms with van der Waals surface area (Å²) in [5.74, 6) is -0.236. The van der Waals surface area contributed by atoms with Crippen LogP contribution in [0.4, 0.5) is 4.79 Å². The molecule has 2 rings (SSSR count). The second-order valence-corrected chi connectivity index (χ2v) is 6.83. The average Bonchev–Trinajstić information content (AvgIpc) is 2.63. The Hall–Kier alpha value is -1.38. The Balaban J connectivity index is 1.53. The van der Waals surface area contributed by atoms with E-state index in [0.29, 0.717) is 6.61 Å². The minimum absolute atomic E-state index is 0.0341. The summed E-state index contributed by atoms with van der Waals surface area (Å²) in [6.07, 6.45) is 5.85. The molecule has 0 heterocycles. The summed E-state index contributed by atoms with van der Waals surface area (Å²) in [7, 11) is 0. The zero-order valence-electron chi connectivity index (χ0n) is 15.5. The summed E-state index contributed by atoms with van der Waals surface area (Å²) in [4.78, 5) is 22.6. The number of hydrogen-bond donors (Lipinski definition) is 1. The molecule has 0 bridgehead atoms. The van der Waals surface area contributed by atoms with Gasteiger partial charge in [0.1, 0.15) is 12.9 Å². The average molecular weight is 373 g/mol. The molecule has 0 radical (unpaired) electrons. The molecule has 0 aromatic heterocycles. The third kappa shape index (κ3) is 7.47. The number of amides is 1. The molecule has 2 aliphatic carbocycles. The molecule has 2 saturated carbocycles. The molecule has 0 saturated heterocycles. The first-order valence-electron chi connectivity index (χ1n) is 9.52. The third-order valence-electron chi connectivity index (χ3n) is 5.01. The topological polar surface area (TPSA) is 106 Å². The standard InChI is InChI=1S/C18H31NO7/c1-2-22-11-25-17(20)13-3-5-14(6-4-13)23-12-24-15-7-9-16(10-8-15)26-18(19)21/h13-16H,2-12H2,1H3,(H2,19,21). The van der Waals surface area contributed by atoms with Gasteiger partial charge in [-0.05, 0) is 58.3 Å². The van der Waals surface area contributed by atoms with E-state index >= 15 is 0 Å². The maximum absolute atomic E-state index is 11.9. The SMILES string of the molecule is CCOCOC(=O)C1CCC(OCOC2CCC(OC(N)=O)CC2)CC1. The fourth-order valence-electron chi connectivity index (χ4n) is 3.48. The maximum atomic E-state index is 11.9. The highest BCUT2D eigenvalue weighted by Crippen LogP contribution is 2.28. The molecule has 8 heteroatoms. The van der Waals surface area contributed by atoms with Gasteiger partial charge in [-0.2, -0.15) is 0 Å². The lowest BCUT2D eigenvalue weighted by molar-refractivity contribution is -0.165. The lowest BCUT2D eigenvalue weighted by Crippen LogP contribution is -2.31. The van der Waals surface area contributed by atoms with E-state index in [9.17, 15) is 9.59 Å². The Morgan fingerprint density at radius 1 is 0.846 bits per heavy atom. The van der Waals surface area contributed by atoms with Gasteiger partial charge in [0, 0.05) is 6.61 Å². The van der Waals surface area contributed by atoms with E-state index in [2.05, 4.69) is 0 Å². The fraction of sp³-hybridized carbons (Fsp3) is 0.889. The molecule has 26 heavy (non-hydrogen) atoms. The molecule has 0 aliphatic heterocycles. The summed E-state index contributed by atoms with van der Waals surface area (Å²) in [6, 6.07) is 0. The van der Waals surface area contributed by atoms with Crippen molar-refractivity contribution in [2.24, 2.45) is 11.7 Å². The van der Waals surface area contributed by atoms with Crippen molar-refractivity contribution in [1.29, 1.82) is 0 Å². The highest BCUT2D eigenvalue weighted by atomic mass is 16.7. The van der Waals surface area contributed by atoms with Crippen LogP contribution >= 0.6 is 0 Å². The van der Waals surface area contributed by atoms with Crippen LogP contribution in [0.3, 0.4) is 0 Å². The third-order valence-corrected chi connectivity index (χ3v) is 5.01. The number of esters is 1. The van der Waals surface area contributed by atoms with Crippen molar-refractivity contribution < 1.29 is 33.3 Å². The Kier molecular flexibility index (Phi) is 9.14. The smallest absolute Gasteiger partial charge is 0.404 e. The number of carbonyl (C=O) groups is 2. The van der Waals surface area contributed by atoms with E-state index < -0.39 is 6.09 Å². The van der Waals surface area contributed by atoms with Gasteiger partial charge in [-0.25, -0.2) is 4.79 Å².